The van der Waals surface area contributed by atoms with Gasteiger partial charge in [0.1, 0.15) is 10.8 Å². The largest absolute Gasteiger partial charge is 0.349 e. The number of para-hydroxylation sites is 1. The second-order valence-corrected chi connectivity index (χ2v) is 6.40. The molecule has 1 N–H and O–H groups in total. The van der Waals surface area contributed by atoms with Crippen LogP contribution in [0.4, 0.5) is 10.1 Å². The van der Waals surface area contributed by atoms with Gasteiger partial charge in [0.25, 0.3) is 0 Å². The number of amides is 2. The molecule has 2 heterocycles. The number of carbonyl (C=O) groups is 2. The minimum absolute atomic E-state index is 0.0943. The molecule has 1 aliphatic rings. The van der Waals surface area contributed by atoms with E-state index in [0.29, 0.717) is 6.54 Å². The molecule has 3 rings (SSSR count). The maximum absolute atomic E-state index is 13.8. The summed E-state index contributed by atoms with van der Waals surface area (Å²) in [4.78, 5) is 29.9. The molecule has 1 saturated heterocycles. The van der Waals surface area contributed by atoms with Crippen molar-refractivity contribution in [3.05, 3.63) is 46.2 Å². The summed E-state index contributed by atoms with van der Waals surface area (Å²) in [5.74, 6) is -1.37. The Labute approximate surface area is 137 Å². The van der Waals surface area contributed by atoms with Crippen LogP contribution in [0.5, 0.6) is 0 Å². The molecular weight excluding hydrogens is 317 g/mol. The van der Waals surface area contributed by atoms with Crippen molar-refractivity contribution in [1.29, 1.82) is 0 Å². The number of carbonyl (C=O) groups excluding carboxylic acids is 2. The molecule has 1 aromatic carbocycles. The summed E-state index contributed by atoms with van der Waals surface area (Å²) in [6.07, 6.45) is 0.0943. The maximum atomic E-state index is 13.8. The van der Waals surface area contributed by atoms with E-state index in [1.807, 2.05) is 12.3 Å². The van der Waals surface area contributed by atoms with Crippen molar-refractivity contribution in [3.8, 4) is 0 Å². The summed E-state index contributed by atoms with van der Waals surface area (Å²) in [6, 6.07) is 6.09. The lowest BCUT2D eigenvalue weighted by Gasteiger charge is -2.17. The number of nitrogens with one attached hydrogen (secondary N) is 1. The Hall–Kier alpha value is -2.28. The molecule has 0 unspecified atom stereocenters. The van der Waals surface area contributed by atoms with E-state index in [1.54, 1.807) is 18.2 Å². The Morgan fingerprint density at radius 1 is 1.48 bits per heavy atom. The average molecular weight is 333 g/mol. The summed E-state index contributed by atoms with van der Waals surface area (Å²) in [5.41, 5.74) is 1.14. The predicted octanol–water partition coefficient (Wildman–Crippen LogP) is 2.26. The molecule has 1 aromatic heterocycles. The van der Waals surface area contributed by atoms with Crippen LogP contribution in [0.15, 0.2) is 29.6 Å². The highest BCUT2D eigenvalue weighted by molar-refractivity contribution is 7.09. The third kappa shape index (κ3) is 3.39. The summed E-state index contributed by atoms with van der Waals surface area (Å²) >= 11 is 1.48. The molecule has 2 amide bonds. The molecule has 120 valence electrons. The smallest absolute Gasteiger partial charge is 0.227 e. The SMILES string of the molecule is Cc1csc(CNC(=O)[C@H]2CC(=O)N(c3ccccc3F)C2)n1. The maximum Gasteiger partial charge on any atom is 0.227 e. The lowest BCUT2D eigenvalue weighted by atomic mass is 10.1. The monoisotopic (exact) mass is 333 g/mol. The van der Waals surface area contributed by atoms with Crippen molar-refractivity contribution in [3.63, 3.8) is 0 Å². The second-order valence-electron chi connectivity index (χ2n) is 5.46. The number of nitrogens with zero attached hydrogens (tertiary/aromatic N) is 2. The number of hydrogen-bond acceptors (Lipinski definition) is 4. The van der Waals surface area contributed by atoms with Crippen molar-refractivity contribution in [2.24, 2.45) is 5.92 Å². The van der Waals surface area contributed by atoms with Gasteiger partial charge in [0, 0.05) is 24.0 Å². The number of aryl methyl sites for hydroxylation is 1. The Kier molecular flexibility index (Phi) is 4.38. The van der Waals surface area contributed by atoms with Gasteiger partial charge in [-0.05, 0) is 19.1 Å². The Morgan fingerprint density at radius 2 is 2.26 bits per heavy atom. The molecule has 7 heteroatoms. The molecular formula is C16H16FN3O2S. The number of thiazole rings is 1. The Morgan fingerprint density at radius 3 is 2.96 bits per heavy atom. The lowest BCUT2D eigenvalue weighted by molar-refractivity contribution is -0.126. The van der Waals surface area contributed by atoms with Gasteiger partial charge in [-0.2, -0.15) is 0 Å². The van der Waals surface area contributed by atoms with Crippen LogP contribution in [0.1, 0.15) is 17.1 Å². The highest BCUT2D eigenvalue weighted by atomic mass is 32.1. The van der Waals surface area contributed by atoms with Gasteiger partial charge in [-0.3, -0.25) is 9.59 Å². The third-order valence-electron chi connectivity index (χ3n) is 3.72. The molecule has 1 fully saturated rings. The fourth-order valence-corrected chi connectivity index (χ4v) is 3.29. The van der Waals surface area contributed by atoms with Gasteiger partial charge < -0.3 is 10.2 Å². The van der Waals surface area contributed by atoms with E-state index < -0.39 is 11.7 Å². The van der Waals surface area contributed by atoms with E-state index in [9.17, 15) is 14.0 Å². The normalized spacial score (nSPS) is 17.6. The number of aromatic nitrogens is 1. The van der Waals surface area contributed by atoms with Crippen molar-refractivity contribution >= 4 is 28.8 Å². The van der Waals surface area contributed by atoms with Crippen LogP contribution in [0.2, 0.25) is 0 Å². The van der Waals surface area contributed by atoms with Crippen molar-refractivity contribution < 1.29 is 14.0 Å². The van der Waals surface area contributed by atoms with Crippen LogP contribution in [0.3, 0.4) is 0 Å². The Bertz CT molecular complexity index is 746. The van der Waals surface area contributed by atoms with Crippen LogP contribution in [0, 0.1) is 18.7 Å². The van der Waals surface area contributed by atoms with Crippen LogP contribution in [-0.4, -0.2) is 23.3 Å². The molecule has 0 spiro atoms. The first-order chi connectivity index (χ1) is 11.0. The van der Waals surface area contributed by atoms with Crippen molar-refractivity contribution in [2.75, 3.05) is 11.4 Å². The highest BCUT2D eigenvalue weighted by Crippen LogP contribution is 2.27. The van der Waals surface area contributed by atoms with E-state index in [-0.39, 0.29) is 30.5 Å². The topological polar surface area (TPSA) is 62.3 Å². The molecule has 0 bridgehead atoms. The zero-order valence-electron chi connectivity index (χ0n) is 12.6. The first-order valence-electron chi connectivity index (χ1n) is 7.28. The summed E-state index contributed by atoms with van der Waals surface area (Å²) in [6.45, 7) is 2.44. The van der Waals surface area contributed by atoms with Gasteiger partial charge in [0.15, 0.2) is 0 Å². The van der Waals surface area contributed by atoms with Crippen LogP contribution >= 0.6 is 11.3 Å². The van der Waals surface area contributed by atoms with E-state index in [2.05, 4.69) is 10.3 Å². The van der Waals surface area contributed by atoms with Crippen molar-refractivity contribution in [2.45, 2.75) is 19.9 Å². The highest BCUT2D eigenvalue weighted by Gasteiger charge is 2.36. The first-order valence-corrected chi connectivity index (χ1v) is 8.16. The zero-order chi connectivity index (χ0) is 16.4. The second kappa shape index (κ2) is 6.45. The predicted molar refractivity (Wildman–Crippen MR) is 85.6 cm³/mol. The Balaban J connectivity index is 1.63. The van der Waals surface area contributed by atoms with E-state index in [4.69, 9.17) is 0 Å². The molecule has 0 aliphatic carbocycles. The van der Waals surface area contributed by atoms with Crippen LogP contribution in [-0.2, 0) is 16.1 Å². The zero-order valence-corrected chi connectivity index (χ0v) is 13.4. The average Bonchev–Trinajstić information content (AvgIpc) is 3.11. The fourth-order valence-electron chi connectivity index (χ4n) is 2.58. The van der Waals surface area contributed by atoms with Gasteiger partial charge in [-0.15, -0.1) is 11.3 Å². The van der Waals surface area contributed by atoms with Gasteiger partial charge in [-0.1, -0.05) is 12.1 Å². The number of benzene rings is 1. The minimum Gasteiger partial charge on any atom is -0.349 e. The third-order valence-corrected chi connectivity index (χ3v) is 4.69. The summed E-state index contributed by atoms with van der Waals surface area (Å²) in [7, 11) is 0. The molecule has 1 aliphatic heterocycles. The van der Waals surface area contributed by atoms with Gasteiger partial charge in [0.2, 0.25) is 11.8 Å². The molecule has 0 saturated carbocycles. The van der Waals surface area contributed by atoms with E-state index in [1.165, 1.54) is 22.3 Å². The number of hydrogen-bond donors (Lipinski definition) is 1. The van der Waals surface area contributed by atoms with Gasteiger partial charge in [-0.25, -0.2) is 9.37 Å². The van der Waals surface area contributed by atoms with E-state index >= 15 is 0 Å². The van der Waals surface area contributed by atoms with Gasteiger partial charge in [0.05, 0.1) is 18.2 Å². The van der Waals surface area contributed by atoms with Crippen LogP contribution < -0.4 is 10.2 Å². The van der Waals surface area contributed by atoms with Crippen LogP contribution in [0.25, 0.3) is 0 Å². The lowest BCUT2D eigenvalue weighted by Crippen LogP contribution is -2.32. The number of rotatable bonds is 4. The minimum atomic E-state index is -0.469. The fraction of sp³-hybridized carbons (Fsp3) is 0.312. The number of anilines is 1. The van der Waals surface area contributed by atoms with E-state index in [0.717, 1.165) is 10.7 Å². The summed E-state index contributed by atoms with van der Waals surface area (Å²) < 4.78 is 13.8. The summed E-state index contributed by atoms with van der Waals surface area (Å²) in [5, 5.41) is 5.54. The van der Waals surface area contributed by atoms with Crippen molar-refractivity contribution in [1.82, 2.24) is 10.3 Å². The standard InChI is InChI=1S/C16H16FN3O2S/c1-10-9-23-14(19-10)7-18-16(22)11-6-15(21)20(8-11)13-5-3-2-4-12(13)17/h2-5,9,11H,6-8H2,1H3,(H,18,22)/t11-/m0/s1. The molecule has 5 nitrogen and oxygen atoms in total. The quantitative estimate of drug-likeness (QED) is 0.933. The molecule has 1 atom stereocenters. The number of halogens is 1. The molecule has 23 heavy (non-hydrogen) atoms. The van der Waals surface area contributed by atoms with Gasteiger partial charge >= 0.3 is 0 Å². The molecule has 0 radical (unpaired) electrons. The first kappa shape index (κ1) is 15.6. The molecule has 2 aromatic rings.